The predicted molar refractivity (Wildman–Crippen MR) is 92.0 cm³/mol. The molecule has 2 N–H and O–H groups in total. The van der Waals surface area contributed by atoms with Gasteiger partial charge < -0.3 is 15.4 Å². The summed E-state index contributed by atoms with van der Waals surface area (Å²) >= 11 is 0. The summed E-state index contributed by atoms with van der Waals surface area (Å²) in [6.45, 7) is 3.96. The number of rotatable bonds is 4. The Morgan fingerprint density at radius 2 is 1.88 bits per heavy atom. The first-order valence-electron chi connectivity index (χ1n) is 7.92. The van der Waals surface area contributed by atoms with Gasteiger partial charge in [-0.1, -0.05) is 42.0 Å². The molecule has 0 aliphatic carbocycles. The van der Waals surface area contributed by atoms with Gasteiger partial charge in [-0.25, -0.2) is 0 Å². The maximum atomic E-state index is 12.5. The van der Waals surface area contributed by atoms with E-state index < -0.39 is 17.4 Å². The van der Waals surface area contributed by atoms with E-state index in [9.17, 15) is 9.59 Å². The molecule has 1 aliphatic heterocycles. The van der Waals surface area contributed by atoms with Crippen LogP contribution in [-0.2, 0) is 16.0 Å². The molecule has 1 unspecified atom stereocenters. The van der Waals surface area contributed by atoms with Crippen molar-refractivity contribution in [3.63, 3.8) is 0 Å². The van der Waals surface area contributed by atoms with E-state index in [1.54, 1.807) is 24.3 Å². The molecule has 0 aromatic heterocycles. The van der Waals surface area contributed by atoms with Gasteiger partial charge >= 0.3 is 0 Å². The smallest absolute Gasteiger partial charge is 0.278 e. The normalized spacial score (nSPS) is 19.0. The molecule has 124 valence electrons. The Balaban J connectivity index is 1.63. The van der Waals surface area contributed by atoms with Gasteiger partial charge in [-0.05, 0) is 38.0 Å². The summed E-state index contributed by atoms with van der Waals surface area (Å²) in [5, 5.41) is 5.51. The van der Waals surface area contributed by atoms with Crippen LogP contribution in [0, 0.1) is 6.92 Å². The van der Waals surface area contributed by atoms with Gasteiger partial charge in [-0.2, -0.15) is 0 Å². The molecule has 5 heteroatoms. The number of carbonyl (C=O) groups is 2. The summed E-state index contributed by atoms with van der Waals surface area (Å²) in [6.07, 6.45) is 0.695. The summed E-state index contributed by atoms with van der Waals surface area (Å²) in [5.74, 6) is -0.413. The highest BCUT2D eigenvalue weighted by molar-refractivity contribution is 6.15. The molecule has 24 heavy (non-hydrogen) atoms. The fourth-order valence-electron chi connectivity index (χ4n) is 2.56. The monoisotopic (exact) mass is 324 g/mol. The van der Waals surface area contributed by atoms with E-state index in [0.717, 1.165) is 5.56 Å². The molecule has 2 amide bonds. The van der Waals surface area contributed by atoms with E-state index >= 15 is 0 Å². The largest absolute Gasteiger partial charge is 0.466 e. The Morgan fingerprint density at radius 3 is 2.62 bits per heavy atom. The van der Waals surface area contributed by atoms with Crippen LogP contribution in [0.1, 0.15) is 18.1 Å². The van der Waals surface area contributed by atoms with Gasteiger partial charge in [0.15, 0.2) is 0 Å². The van der Waals surface area contributed by atoms with Crippen molar-refractivity contribution < 1.29 is 14.3 Å². The predicted octanol–water partition coefficient (Wildman–Crippen LogP) is 2.44. The molecule has 5 nitrogen and oxygen atoms in total. The fraction of sp³-hybridized carbons (Fsp3) is 0.263. The summed E-state index contributed by atoms with van der Waals surface area (Å²) in [4.78, 5) is 24.8. The van der Waals surface area contributed by atoms with Crippen molar-refractivity contribution in [1.29, 1.82) is 0 Å². The zero-order valence-corrected chi connectivity index (χ0v) is 13.8. The van der Waals surface area contributed by atoms with Gasteiger partial charge in [0.05, 0.1) is 5.69 Å². The van der Waals surface area contributed by atoms with E-state index in [0.29, 0.717) is 24.4 Å². The zero-order chi connectivity index (χ0) is 17.2. The number of fused-ring (bicyclic) bond motifs is 1. The van der Waals surface area contributed by atoms with Crippen molar-refractivity contribution in [1.82, 2.24) is 5.32 Å². The minimum atomic E-state index is -1.57. The number of para-hydroxylation sites is 2. The summed E-state index contributed by atoms with van der Waals surface area (Å²) < 4.78 is 5.69. The average molecular weight is 324 g/mol. The van der Waals surface area contributed by atoms with Crippen LogP contribution >= 0.6 is 0 Å². The maximum Gasteiger partial charge on any atom is 0.278 e. The minimum absolute atomic E-state index is 0.440. The molecule has 0 saturated heterocycles. The number of ether oxygens (including phenoxy) is 1. The van der Waals surface area contributed by atoms with E-state index in [2.05, 4.69) is 10.6 Å². The van der Waals surface area contributed by atoms with Crippen LogP contribution in [0.25, 0.3) is 0 Å². The Labute approximate surface area is 141 Å². The Kier molecular flexibility index (Phi) is 4.25. The summed E-state index contributed by atoms with van der Waals surface area (Å²) in [6, 6.07) is 15.2. The summed E-state index contributed by atoms with van der Waals surface area (Å²) in [7, 11) is 0. The second-order valence-corrected chi connectivity index (χ2v) is 6.08. The third kappa shape index (κ3) is 3.11. The highest BCUT2D eigenvalue weighted by Crippen LogP contribution is 2.33. The molecule has 3 rings (SSSR count). The first-order chi connectivity index (χ1) is 11.5. The van der Waals surface area contributed by atoms with Crippen LogP contribution in [0.3, 0.4) is 0 Å². The lowest BCUT2D eigenvalue weighted by molar-refractivity contribution is -0.146. The van der Waals surface area contributed by atoms with Gasteiger partial charge in [-0.3, -0.25) is 9.59 Å². The molecule has 0 saturated carbocycles. The molecule has 1 heterocycles. The standard InChI is InChI=1S/C19H20N2O3/c1-13-7-9-14(10-8-13)11-12-20-17(22)19(2)18(23)21-15-5-3-4-6-16(15)24-19/h3-10H,11-12H2,1-2H3,(H,20,22)(H,21,23). The zero-order valence-electron chi connectivity index (χ0n) is 13.8. The first-order valence-corrected chi connectivity index (χ1v) is 7.92. The molecular formula is C19H20N2O3. The highest BCUT2D eigenvalue weighted by Gasteiger charge is 2.46. The lowest BCUT2D eigenvalue weighted by atomic mass is 10.0. The average Bonchev–Trinajstić information content (AvgIpc) is 2.57. The van der Waals surface area contributed by atoms with Crippen LogP contribution in [0.4, 0.5) is 5.69 Å². The number of nitrogens with one attached hydrogen (secondary N) is 2. The number of benzene rings is 2. The molecular weight excluding hydrogens is 304 g/mol. The van der Waals surface area contributed by atoms with E-state index in [1.165, 1.54) is 12.5 Å². The lowest BCUT2D eigenvalue weighted by Crippen LogP contribution is -2.58. The van der Waals surface area contributed by atoms with Gasteiger partial charge in [0, 0.05) is 6.54 Å². The van der Waals surface area contributed by atoms with E-state index in [1.807, 2.05) is 31.2 Å². The number of anilines is 1. The number of amides is 2. The molecule has 1 aliphatic rings. The van der Waals surface area contributed by atoms with Crippen LogP contribution < -0.4 is 15.4 Å². The van der Waals surface area contributed by atoms with Gasteiger partial charge in [0.1, 0.15) is 5.75 Å². The number of hydrogen-bond donors (Lipinski definition) is 2. The Morgan fingerprint density at radius 1 is 1.17 bits per heavy atom. The molecule has 0 spiro atoms. The van der Waals surface area contributed by atoms with Crippen LogP contribution in [0.15, 0.2) is 48.5 Å². The molecule has 0 radical (unpaired) electrons. The second kappa shape index (κ2) is 6.35. The van der Waals surface area contributed by atoms with Crippen molar-refractivity contribution in [3.05, 3.63) is 59.7 Å². The molecule has 2 aromatic rings. The van der Waals surface area contributed by atoms with Crippen molar-refractivity contribution in [2.75, 3.05) is 11.9 Å². The van der Waals surface area contributed by atoms with Crippen molar-refractivity contribution in [3.8, 4) is 5.75 Å². The third-order valence-electron chi connectivity index (χ3n) is 4.14. The molecule has 0 bridgehead atoms. The first kappa shape index (κ1) is 16.1. The number of aryl methyl sites for hydroxylation is 1. The van der Waals surface area contributed by atoms with E-state index in [4.69, 9.17) is 4.74 Å². The Bertz CT molecular complexity index is 770. The second-order valence-electron chi connectivity index (χ2n) is 6.08. The Hall–Kier alpha value is -2.82. The maximum absolute atomic E-state index is 12.5. The fourth-order valence-corrected chi connectivity index (χ4v) is 2.56. The highest BCUT2D eigenvalue weighted by atomic mass is 16.5. The van der Waals surface area contributed by atoms with Crippen molar-refractivity contribution in [2.45, 2.75) is 25.9 Å². The lowest BCUT2D eigenvalue weighted by Gasteiger charge is -2.33. The number of hydrogen-bond acceptors (Lipinski definition) is 3. The quantitative estimate of drug-likeness (QED) is 0.849. The molecule has 2 aromatic carbocycles. The van der Waals surface area contributed by atoms with Crippen molar-refractivity contribution in [2.24, 2.45) is 0 Å². The number of carbonyl (C=O) groups excluding carboxylic acids is 2. The van der Waals surface area contributed by atoms with Crippen LogP contribution in [-0.4, -0.2) is 24.0 Å². The van der Waals surface area contributed by atoms with Gasteiger partial charge in [0.2, 0.25) is 0 Å². The van der Waals surface area contributed by atoms with Gasteiger partial charge in [0.25, 0.3) is 17.4 Å². The van der Waals surface area contributed by atoms with Gasteiger partial charge in [-0.15, -0.1) is 0 Å². The van der Waals surface area contributed by atoms with Crippen LogP contribution in [0.5, 0.6) is 5.75 Å². The third-order valence-corrected chi connectivity index (χ3v) is 4.14. The molecule has 0 fully saturated rings. The van der Waals surface area contributed by atoms with E-state index in [-0.39, 0.29) is 0 Å². The van der Waals surface area contributed by atoms with Crippen LogP contribution in [0.2, 0.25) is 0 Å². The minimum Gasteiger partial charge on any atom is -0.466 e. The SMILES string of the molecule is Cc1ccc(CCNC(=O)C2(C)Oc3ccccc3NC2=O)cc1. The molecule has 1 atom stereocenters. The topological polar surface area (TPSA) is 67.4 Å². The van der Waals surface area contributed by atoms with Crippen molar-refractivity contribution >= 4 is 17.5 Å². The summed E-state index contributed by atoms with van der Waals surface area (Å²) in [5.41, 5.74) is 1.33.